The molecule has 18 heavy (non-hydrogen) atoms. The second-order valence-corrected chi connectivity index (χ2v) is 4.73. The number of rotatable bonds is 4. The van der Waals surface area contributed by atoms with E-state index in [2.05, 4.69) is 26.2 Å². The molecule has 0 radical (unpaired) electrons. The van der Waals surface area contributed by atoms with Gasteiger partial charge in [-0.2, -0.15) is 0 Å². The number of hydrogen-bond acceptors (Lipinski definition) is 3. The topological polar surface area (TPSA) is 45.1 Å². The molecule has 2 rings (SSSR count). The van der Waals surface area contributed by atoms with Crippen LogP contribution >= 0.6 is 15.9 Å². The molecule has 0 aliphatic heterocycles. The van der Waals surface area contributed by atoms with Crippen LogP contribution in [0.3, 0.4) is 0 Å². The number of aliphatic hydroxyl groups excluding tert-OH is 1. The van der Waals surface area contributed by atoms with Crippen molar-refractivity contribution in [3.05, 3.63) is 57.9 Å². The molecule has 0 aliphatic rings. The van der Waals surface area contributed by atoms with Gasteiger partial charge in [-0.3, -0.25) is 0 Å². The van der Waals surface area contributed by atoms with Gasteiger partial charge in [0.1, 0.15) is 0 Å². The van der Waals surface area contributed by atoms with Crippen molar-refractivity contribution in [2.45, 2.75) is 13.2 Å². The quantitative estimate of drug-likeness (QED) is 0.912. The normalized spacial score (nSPS) is 10.4. The molecular weight excluding hydrogens is 299 g/mol. The molecule has 2 N–H and O–H groups in total. The second kappa shape index (κ2) is 5.93. The molecule has 0 aliphatic carbocycles. The molecule has 5 heteroatoms. The fourth-order valence-corrected chi connectivity index (χ4v) is 1.80. The van der Waals surface area contributed by atoms with Crippen LogP contribution in [0.15, 0.2) is 41.0 Å². The van der Waals surface area contributed by atoms with Crippen LogP contribution in [-0.4, -0.2) is 10.1 Å². The van der Waals surface area contributed by atoms with Crippen molar-refractivity contribution in [2.24, 2.45) is 0 Å². The van der Waals surface area contributed by atoms with Crippen molar-refractivity contribution in [1.29, 1.82) is 0 Å². The van der Waals surface area contributed by atoms with Crippen molar-refractivity contribution in [3.63, 3.8) is 0 Å². The van der Waals surface area contributed by atoms with Gasteiger partial charge in [-0.15, -0.1) is 0 Å². The molecular formula is C13H12BrFN2O. The maximum Gasteiger partial charge on any atom is 0.166 e. The highest BCUT2D eigenvalue weighted by atomic mass is 79.9. The first-order valence-electron chi connectivity index (χ1n) is 5.42. The molecule has 94 valence electrons. The molecule has 1 heterocycles. The molecule has 0 saturated carbocycles. The largest absolute Gasteiger partial charge is 0.392 e. The molecule has 1 aromatic heterocycles. The lowest BCUT2D eigenvalue weighted by Crippen LogP contribution is -2.03. The SMILES string of the molecule is OCc1ccc(CNc2ncc(Br)cc2F)cc1. The fourth-order valence-electron chi connectivity index (χ4n) is 1.49. The van der Waals surface area contributed by atoms with E-state index >= 15 is 0 Å². The third-order valence-corrected chi connectivity index (χ3v) is 2.91. The average molecular weight is 311 g/mol. The van der Waals surface area contributed by atoms with E-state index in [9.17, 15) is 4.39 Å². The lowest BCUT2D eigenvalue weighted by molar-refractivity contribution is 0.282. The van der Waals surface area contributed by atoms with E-state index in [4.69, 9.17) is 5.11 Å². The number of aliphatic hydroxyl groups is 1. The van der Waals surface area contributed by atoms with E-state index in [0.717, 1.165) is 11.1 Å². The number of aromatic nitrogens is 1. The van der Waals surface area contributed by atoms with E-state index < -0.39 is 5.82 Å². The molecule has 3 nitrogen and oxygen atoms in total. The summed E-state index contributed by atoms with van der Waals surface area (Å²) >= 11 is 3.15. The standard InChI is InChI=1S/C13H12BrFN2O/c14-11-5-12(15)13(17-7-11)16-6-9-1-3-10(8-18)4-2-9/h1-5,7,18H,6,8H2,(H,16,17). The Bertz CT molecular complexity index is 531. The number of nitrogens with one attached hydrogen (secondary N) is 1. The Morgan fingerprint density at radius 3 is 2.50 bits per heavy atom. The van der Waals surface area contributed by atoms with Crippen molar-refractivity contribution in [1.82, 2.24) is 4.98 Å². The van der Waals surface area contributed by atoms with E-state index in [0.29, 0.717) is 11.0 Å². The first kappa shape index (κ1) is 13.0. The van der Waals surface area contributed by atoms with Crippen molar-refractivity contribution in [3.8, 4) is 0 Å². The molecule has 0 atom stereocenters. The number of halogens is 2. The van der Waals surface area contributed by atoms with Crippen LogP contribution in [0.4, 0.5) is 10.2 Å². The first-order chi connectivity index (χ1) is 8.69. The Hall–Kier alpha value is -1.46. The van der Waals surface area contributed by atoms with Gasteiger partial charge in [-0.1, -0.05) is 24.3 Å². The number of anilines is 1. The molecule has 0 bridgehead atoms. The minimum Gasteiger partial charge on any atom is -0.392 e. The molecule has 2 aromatic rings. The van der Waals surface area contributed by atoms with E-state index in [1.165, 1.54) is 6.07 Å². The predicted octanol–water partition coefficient (Wildman–Crippen LogP) is 3.09. The summed E-state index contributed by atoms with van der Waals surface area (Å²) in [4.78, 5) is 3.95. The van der Waals surface area contributed by atoms with Crippen LogP contribution in [0.5, 0.6) is 0 Å². The molecule has 0 saturated heterocycles. The van der Waals surface area contributed by atoms with Gasteiger partial charge in [-0.05, 0) is 33.1 Å². The zero-order valence-corrected chi connectivity index (χ0v) is 11.1. The first-order valence-corrected chi connectivity index (χ1v) is 6.22. The number of hydrogen-bond donors (Lipinski definition) is 2. The fraction of sp³-hybridized carbons (Fsp3) is 0.154. The maximum atomic E-state index is 13.5. The highest BCUT2D eigenvalue weighted by molar-refractivity contribution is 9.10. The summed E-state index contributed by atoms with van der Waals surface area (Å²) in [6, 6.07) is 8.81. The average Bonchev–Trinajstić information content (AvgIpc) is 2.38. The summed E-state index contributed by atoms with van der Waals surface area (Å²) in [5.74, 6) is -0.166. The summed E-state index contributed by atoms with van der Waals surface area (Å²) in [6.45, 7) is 0.508. The highest BCUT2D eigenvalue weighted by Gasteiger charge is 2.03. The smallest absolute Gasteiger partial charge is 0.166 e. The van der Waals surface area contributed by atoms with Gasteiger partial charge in [0.05, 0.1) is 6.61 Å². The molecule has 0 amide bonds. The van der Waals surface area contributed by atoms with Gasteiger partial charge < -0.3 is 10.4 Å². The molecule has 0 unspecified atom stereocenters. The summed E-state index contributed by atoms with van der Waals surface area (Å²) in [5, 5.41) is 11.8. The number of benzene rings is 1. The monoisotopic (exact) mass is 310 g/mol. The highest BCUT2D eigenvalue weighted by Crippen LogP contribution is 2.16. The Balaban J connectivity index is 2.02. The van der Waals surface area contributed by atoms with Crippen LogP contribution < -0.4 is 5.32 Å². The lowest BCUT2D eigenvalue weighted by atomic mass is 10.1. The van der Waals surface area contributed by atoms with Gasteiger partial charge in [0.15, 0.2) is 11.6 Å². The summed E-state index contributed by atoms with van der Waals surface area (Å²) in [5.41, 5.74) is 1.85. The third kappa shape index (κ3) is 3.27. The summed E-state index contributed by atoms with van der Waals surface area (Å²) < 4.78 is 14.1. The Morgan fingerprint density at radius 1 is 1.22 bits per heavy atom. The van der Waals surface area contributed by atoms with Crippen LogP contribution in [0.2, 0.25) is 0 Å². The van der Waals surface area contributed by atoms with Crippen molar-refractivity contribution in [2.75, 3.05) is 5.32 Å². The van der Waals surface area contributed by atoms with E-state index in [1.807, 2.05) is 24.3 Å². The Kier molecular flexibility index (Phi) is 4.28. The van der Waals surface area contributed by atoms with Gasteiger partial charge >= 0.3 is 0 Å². The molecule has 0 spiro atoms. The Morgan fingerprint density at radius 2 is 1.89 bits per heavy atom. The van der Waals surface area contributed by atoms with Crippen molar-refractivity contribution >= 4 is 21.7 Å². The van der Waals surface area contributed by atoms with Gasteiger partial charge in [-0.25, -0.2) is 9.37 Å². The zero-order valence-electron chi connectivity index (χ0n) is 9.53. The summed E-state index contributed by atoms with van der Waals surface area (Å²) in [6.07, 6.45) is 1.54. The van der Waals surface area contributed by atoms with Gasteiger partial charge in [0.25, 0.3) is 0 Å². The van der Waals surface area contributed by atoms with E-state index in [1.54, 1.807) is 6.20 Å². The number of pyridine rings is 1. The molecule has 0 fully saturated rings. The van der Waals surface area contributed by atoms with Crippen LogP contribution in [-0.2, 0) is 13.2 Å². The Labute approximate surface area is 113 Å². The summed E-state index contributed by atoms with van der Waals surface area (Å²) in [7, 11) is 0. The van der Waals surface area contributed by atoms with Crippen LogP contribution in [0, 0.1) is 5.82 Å². The van der Waals surface area contributed by atoms with Gasteiger partial charge in [0, 0.05) is 17.2 Å². The predicted molar refractivity (Wildman–Crippen MR) is 71.6 cm³/mol. The van der Waals surface area contributed by atoms with Gasteiger partial charge in [0.2, 0.25) is 0 Å². The number of nitrogens with zero attached hydrogens (tertiary/aromatic N) is 1. The van der Waals surface area contributed by atoms with E-state index in [-0.39, 0.29) is 12.4 Å². The minimum atomic E-state index is -0.392. The second-order valence-electron chi connectivity index (χ2n) is 3.81. The van der Waals surface area contributed by atoms with Crippen LogP contribution in [0.25, 0.3) is 0 Å². The lowest BCUT2D eigenvalue weighted by Gasteiger charge is -2.07. The zero-order chi connectivity index (χ0) is 13.0. The van der Waals surface area contributed by atoms with Crippen molar-refractivity contribution < 1.29 is 9.50 Å². The van der Waals surface area contributed by atoms with Crippen LogP contribution in [0.1, 0.15) is 11.1 Å². The third-order valence-electron chi connectivity index (χ3n) is 2.47. The minimum absolute atomic E-state index is 0.0244. The molecule has 1 aromatic carbocycles. The maximum absolute atomic E-state index is 13.5.